The van der Waals surface area contributed by atoms with E-state index in [2.05, 4.69) is 15.0 Å². The van der Waals surface area contributed by atoms with Gasteiger partial charge < -0.3 is 20.3 Å². The molecule has 9 heteroatoms. The molecular formula is C16H26N4O5. The molecule has 0 aromatic carbocycles. The van der Waals surface area contributed by atoms with E-state index in [1.165, 1.54) is 7.11 Å². The van der Waals surface area contributed by atoms with E-state index in [0.717, 1.165) is 32.1 Å². The van der Waals surface area contributed by atoms with E-state index >= 15 is 0 Å². The molecule has 0 bridgehead atoms. The highest BCUT2D eigenvalue weighted by Gasteiger charge is 2.26. The van der Waals surface area contributed by atoms with Gasteiger partial charge in [-0.05, 0) is 39.3 Å². The molecule has 25 heavy (non-hydrogen) atoms. The van der Waals surface area contributed by atoms with E-state index in [9.17, 15) is 14.4 Å². The highest BCUT2D eigenvalue weighted by Crippen LogP contribution is 2.07. The van der Waals surface area contributed by atoms with Crippen molar-refractivity contribution in [1.29, 1.82) is 0 Å². The van der Waals surface area contributed by atoms with E-state index in [-0.39, 0.29) is 19.4 Å². The summed E-state index contributed by atoms with van der Waals surface area (Å²) in [6.45, 7) is 4.43. The van der Waals surface area contributed by atoms with E-state index in [0.29, 0.717) is 6.54 Å². The second kappa shape index (κ2) is 11.5. The van der Waals surface area contributed by atoms with Crippen LogP contribution in [0.3, 0.4) is 0 Å². The van der Waals surface area contributed by atoms with Crippen LogP contribution in [0.2, 0.25) is 0 Å². The molecule has 9 nitrogen and oxygen atoms in total. The van der Waals surface area contributed by atoms with Crippen LogP contribution in [0.25, 0.3) is 5.53 Å². The third-order valence-corrected chi connectivity index (χ3v) is 4.06. The first-order valence-electron chi connectivity index (χ1n) is 8.40. The average molecular weight is 354 g/mol. The van der Waals surface area contributed by atoms with Crippen molar-refractivity contribution in [3.63, 3.8) is 0 Å². The van der Waals surface area contributed by atoms with Crippen molar-refractivity contribution in [3.05, 3.63) is 5.53 Å². The lowest BCUT2D eigenvalue weighted by Crippen LogP contribution is -2.46. The number of methoxy groups -OCH3 is 1. The summed E-state index contributed by atoms with van der Waals surface area (Å²) in [7, 11) is 1.38. The maximum atomic E-state index is 12.2. The Balaban J connectivity index is 2.53. The molecule has 1 N–H and O–H groups in total. The topological polar surface area (TPSA) is 121 Å². The second-order valence-corrected chi connectivity index (χ2v) is 5.90. The zero-order chi connectivity index (χ0) is 18.7. The van der Waals surface area contributed by atoms with Crippen LogP contribution in [0.1, 0.15) is 32.6 Å². The number of likely N-dealkylation sites (tertiary alicyclic amines) is 1. The largest absolute Gasteiger partial charge is 0.463 e. The molecule has 0 spiro atoms. The first-order chi connectivity index (χ1) is 12.0. The number of hydrogen-bond acceptors (Lipinski definition) is 6. The predicted octanol–water partition coefficient (Wildman–Crippen LogP) is -0.205. The van der Waals surface area contributed by atoms with Crippen molar-refractivity contribution in [3.8, 4) is 0 Å². The molecular weight excluding hydrogens is 328 g/mol. The molecule has 0 aromatic heterocycles. The molecule has 1 aliphatic heterocycles. The van der Waals surface area contributed by atoms with Crippen LogP contribution in [0.4, 0.5) is 0 Å². The fourth-order valence-electron chi connectivity index (χ4n) is 2.44. The number of Topliss-reactive ketones (excluding diaryl/α,β-unsaturated/α-hetero) is 1. The number of rotatable bonds is 11. The number of ketones is 1. The summed E-state index contributed by atoms with van der Waals surface area (Å²) in [5.41, 5.74) is 8.35. The van der Waals surface area contributed by atoms with Crippen LogP contribution in [0, 0.1) is 0 Å². The molecule has 1 heterocycles. The Morgan fingerprint density at radius 1 is 1.32 bits per heavy atom. The lowest BCUT2D eigenvalue weighted by atomic mass is 10.1. The molecule has 0 saturated carbocycles. The molecule has 0 aliphatic carbocycles. The van der Waals surface area contributed by atoms with Gasteiger partial charge in [-0.25, -0.2) is 4.79 Å². The van der Waals surface area contributed by atoms with Crippen molar-refractivity contribution in [2.75, 3.05) is 33.4 Å². The Bertz CT molecular complexity index is 513. The van der Waals surface area contributed by atoms with Crippen LogP contribution in [0.15, 0.2) is 0 Å². The number of nitrogens with zero attached hydrogens (tertiary/aromatic N) is 3. The first-order valence-corrected chi connectivity index (χ1v) is 8.40. The van der Waals surface area contributed by atoms with Crippen LogP contribution >= 0.6 is 0 Å². The summed E-state index contributed by atoms with van der Waals surface area (Å²) < 4.78 is 10.2. The second-order valence-electron chi connectivity index (χ2n) is 5.90. The van der Waals surface area contributed by atoms with E-state index < -0.39 is 29.8 Å². The van der Waals surface area contributed by atoms with Crippen LogP contribution in [0.5, 0.6) is 0 Å². The maximum absolute atomic E-state index is 12.2. The summed E-state index contributed by atoms with van der Waals surface area (Å²) >= 11 is 0. The minimum Gasteiger partial charge on any atom is -0.463 e. The highest BCUT2D eigenvalue weighted by molar-refractivity contribution is 6.25. The Hall–Kier alpha value is -2.09. The van der Waals surface area contributed by atoms with Gasteiger partial charge in [0.15, 0.2) is 0 Å². The highest BCUT2D eigenvalue weighted by atomic mass is 16.5. The fraction of sp³-hybridized carbons (Fsp3) is 0.750. The summed E-state index contributed by atoms with van der Waals surface area (Å²) in [5.74, 6) is -1.51. The Labute approximate surface area is 147 Å². The molecule has 1 amide bonds. The molecule has 140 valence electrons. The number of nitrogens with one attached hydrogen (secondary N) is 1. The normalized spacial score (nSPS) is 16.6. The minimum absolute atomic E-state index is 0.0512. The molecule has 1 aliphatic rings. The molecule has 2 atom stereocenters. The number of ether oxygens (including phenoxy) is 2. The molecule has 1 fully saturated rings. The third kappa shape index (κ3) is 8.02. The molecule has 0 aromatic rings. The van der Waals surface area contributed by atoms with E-state index in [1.807, 2.05) is 0 Å². The number of carbonyl (C=O) groups is 3. The average Bonchev–Trinajstić information content (AvgIpc) is 3.11. The van der Waals surface area contributed by atoms with Gasteiger partial charge in [0, 0.05) is 20.1 Å². The smallest absolute Gasteiger partial charge is 0.328 e. The monoisotopic (exact) mass is 354 g/mol. The lowest BCUT2D eigenvalue weighted by Gasteiger charge is -2.20. The van der Waals surface area contributed by atoms with Crippen molar-refractivity contribution in [2.45, 2.75) is 44.8 Å². The van der Waals surface area contributed by atoms with Gasteiger partial charge in [-0.2, -0.15) is 4.79 Å². The van der Waals surface area contributed by atoms with Crippen molar-refractivity contribution < 1.29 is 28.6 Å². The molecule has 0 radical (unpaired) electrons. The zero-order valence-electron chi connectivity index (χ0n) is 14.8. The van der Waals surface area contributed by atoms with Gasteiger partial charge in [0.25, 0.3) is 0 Å². The quantitative estimate of drug-likeness (QED) is 0.237. The maximum Gasteiger partial charge on any atom is 0.328 e. The summed E-state index contributed by atoms with van der Waals surface area (Å²) in [6.07, 6.45) is 2.32. The standard InChI is InChI=1S/C16H26N4O5/c1-12(24-2)15(22)19-14(6-5-13(21)11-18-17)16(23)25-10-9-20-7-3-4-8-20/h11-12,14H,3-10H2,1-2H3,(H,19,22)/t12-,14+/m1/s1. The van der Waals surface area contributed by atoms with Crippen molar-refractivity contribution in [1.82, 2.24) is 10.2 Å². The summed E-state index contributed by atoms with van der Waals surface area (Å²) in [4.78, 5) is 40.5. The molecule has 0 unspecified atom stereocenters. The SMILES string of the molecule is CO[C@H](C)C(=O)N[C@@H](CCC(=O)C=[N+]=[N-])C(=O)OCCN1CCCC1. The van der Waals surface area contributed by atoms with Gasteiger partial charge in [-0.1, -0.05) is 0 Å². The number of esters is 1. The van der Waals surface area contributed by atoms with Crippen LogP contribution < -0.4 is 5.32 Å². The summed E-state index contributed by atoms with van der Waals surface area (Å²) in [6, 6.07) is -0.959. The molecule has 1 saturated heterocycles. The number of amides is 1. The number of hydrogen-bond donors (Lipinski definition) is 1. The third-order valence-electron chi connectivity index (χ3n) is 4.06. The van der Waals surface area contributed by atoms with Crippen molar-refractivity contribution >= 4 is 23.9 Å². The molecule has 1 rings (SSSR count). The van der Waals surface area contributed by atoms with Crippen LogP contribution in [-0.4, -0.2) is 79.1 Å². The minimum atomic E-state index is -0.959. The van der Waals surface area contributed by atoms with Crippen LogP contribution in [-0.2, 0) is 23.9 Å². The summed E-state index contributed by atoms with van der Waals surface area (Å²) in [5, 5.41) is 2.53. The van der Waals surface area contributed by atoms with Gasteiger partial charge in [0.2, 0.25) is 11.7 Å². The van der Waals surface area contributed by atoms with E-state index in [4.69, 9.17) is 15.0 Å². The Morgan fingerprint density at radius 3 is 2.60 bits per heavy atom. The Kier molecular flexibility index (Phi) is 9.61. The Morgan fingerprint density at radius 2 is 2.00 bits per heavy atom. The van der Waals surface area contributed by atoms with Gasteiger partial charge in [-0.15, -0.1) is 0 Å². The van der Waals surface area contributed by atoms with Crippen molar-refractivity contribution in [2.24, 2.45) is 0 Å². The van der Waals surface area contributed by atoms with Gasteiger partial charge in [0.05, 0.1) is 0 Å². The van der Waals surface area contributed by atoms with Gasteiger partial charge >= 0.3 is 12.2 Å². The predicted molar refractivity (Wildman–Crippen MR) is 89.0 cm³/mol. The lowest BCUT2D eigenvalue weighted by molar-refractivity contribution is -0.149. The van der Waals surface area contributed by atoms with E-state index in [1.54, 1.807) is 6.92 Å². The zero-order valence-corrected chi connectivity index (χ0v) is 14.8. The van der Waals surface area contributed by atoms with Gasteiger partial charge in [-0.3, -0.25) is 14.5 Å². The number of carbonyl (C=O) groups excluding carboxylic acids is 3. The fourth-order valence-corrected chi connectivity index (χ4v) is 2.44. The first kappa shape index (κ1) is 21.0. The van der Waals surface area contributed by atoms with Gasteiger partial charge in [0.1, 0.15) is 18.8 Å².